The molecule has 0 unspecified atom stereocenters. The second kappa shape index (κ2) is 6.92. The van der Waals surface area contributed by atoms with E-state index in [1.54, 1.807) is 24.7 Å². The number of nitrogens with zero attached hydrogens (tertiary/aromatic N) is 3. The molecule has 0 aromatic carbocycles. The van der Waals surface area contributed by atoms with Gasteiger partial charge in [-0.1, -0.05) is 6.92 Å². The molecule has 106 valence electrons. The Balaban J connectivity index is 2.81. The maximum Gasteiger partial charge on any atom is 0.325 e. The number of carbonyl (C=O) groups excluding carboxylic acids is 2. The molecule has 19 heavy (non-hydrogen) atoms. The zero-order valence-corrected chi connectivity index (χ0v) is 12.0. The Kier molecular flexibility index (Phi) is 5.54. The predicted octanol–water partition coefficient (Wildman–Crippen LogP) is 1.10. The van der Waals surface area contributed by atoms with Gasteiger partial charge in [0.05, 0.1) is 12.3 Å². The van der Waals surface area contributed by atoms with Crippen LogP contribution in [0.5, 0.6) is 0 Å². The van der Waals surface area contributed by atoms with Crippen LogP contribution in [0.15, 0.2) is 6.07 Å². The first-order chi connectivity index (χ1) is 9.03. The molecule has 6 heteroatoms. The second-order valence-electron chi connectivity index (χ2n) is 4.16. The smallest absolute Gasteiger partial charge is 0.325 e. The lowest BCUT2D eigenvalue weighted by Gasteiger charge is -2.16. The SMILES string of the molecule is CCOC(=O)CN(C)C(=O)c1cc(CC)nn1CC. The summed E-state index contributed by atoms with van der Waals surface area (Å²) in [4.78, 5) is 25.0. The van der Waals surface area contributed by atoms with Gasteiger partial charge in [-0.15, -0.1) is 0 Å². The Labute approximate surface area is 113 Å². The molecule has 6 nitrogen and oxygen atoms in total. The van der Waals surface area contributed by atoms with E-state index < -0.39 is 5.97 Å². The summed E-state index contributed by atoms with van der Waals surface area (Å²) < 4.78 is 6.48. The number of amides is 1. The number of carbonyl (C=O) groups is 2. The normalized spacial score (nSPS) is 10.3. The average molecular weight is 267 g/mol. The molecule has 0 saturated heterocycles. The third-order valence-electron chi connectivity index (χ3n) is 2.73. The molecule has 0 atom stereocenters. The summed E-state index contributed by atoms with van der Waals surface area (Å²) in [7, 11) is 1.58. The Hall–Kier alpha value is -1.85. The molecular weight excluding hydrogens is 246 g/mol. The number of aryl methyl sites for hydroxylation is 2. The van der Waals surface area contributed by atoms with Crippen LogP contribution < -0.4 is 0 Å². The van der Waals surface area contributed by atoms with Crippen LogP contribution in [0.25, 0.3) is 0 Å². The molecule has 0 bridgehead atoms. The molecule has 1 rings (SSSR count). The van der Waals surface area contributed by atoms with Crippen molar-refractivity contribution < 1.29 is 14.3 Å². The van der Waals surface area contributed by atoms with Crippen molar-refractivity contribution in [1.29, 1.82) is 0 Å². The molecule has 0 saturated carbocycles. The van der Waals surface area contributed by atoms with Gasteiger partial charge in [-0.2, -0.15) is 5.10 Å². The lowest BCUT2D eigenvalue weighted by molar-refractivity contribution is -0.143. The number of hydrogen-bond acceptors (Lipinski definition) is 4. The van der Waals surface area contributed by atoms with Gasteiger partial charge in [0.1, 0.15) is 12.2 Å². The average Bonchev–Trinajstić information content (AvgIpc) is 2.81. The third-order valence-corrected chi connectivity index (χ3v) is 2.73. The fraction of sp³-hybridized carbons (Fsp3) is 0.615. The van der Waals surface area contributed by atoms with E-state index in [0.717, 1.165) is 12.1 Å². The van der Waals surface area contributed by atoms with Crippen LogP contribution in [0.3, 0.4) is 0 Å². The largest absolute Gasteiger partial charge is 0.465 e. The second-order valence-corrected chi connectivity index (χ2v) is 4.16. The maximum atomic E-state index is 12.3. The summed E-state index contributed by atoms with van der Waals surface area (Å²) in [5, 5.41) is 4.32. The quantitative estimate of drug-likeness (QED) is 0.724. The topological polar surface area (TPSA) is 64.4 Å². The van der Waals surface area contributed by atoms with Gasteiger partial charge in [0.15, 0.2) is 0 Å². The minimum absolute atomic E-state index is 0.0526. The summed E-state index contributed by atoms with van der Waals surface area (Å²) in [6, 6.07) is 1.77. The summed E-state index contributed by atoms with van der Waals surface area (Å²) in [6.07, 6.45) is 0.773. The molecule has 1 aromatic heterocycles. The van der Waals surface area contributed by atoms with Gasteiger partial charge in [-0.05, 0) is 26.3 Å². The predicted molar refractivity (Wildman–Crippen MR) is 70.9 cm³/mol. The van der Waals surface area contributed by atoms with E-state index in [9.17, 15) is 9.59 Å². The van der Waals surface area contributed by atoms with Crippen LogP contribution in [-0.2, 0) is 22.5 Å². The minimum atomic E-state index is -0.406. The molecule has 1 heterocycles. The molecule has 0 radical (unpaired) electrons. The van der Waals surface area contributed by atoms with Crippen LogP contribution in [0, 0.1) is 0 Å². The van der Waals surface area contributed by atoms with E-state index in [-0.39, 0.29) is 12.5 Å². The van der Waals surface area contributed by atoms with Crippen molar-refractivity contribution in [2.45, 2.75) is 33.7 Å². The van der Waals surface area contributed by atoms with Crippen LogP contribution in [0.4, 0.5) is 0 Å². The fourth-order valence-electron chi connectivity index (χ4n) is 1.72. The zero-order chi connectivity index (χ0) is 14.4. The molecular formula is C13H21N3O3. The maximum absolute atomic E-state index is 12.3. The van der Waals surface area contributed by atoms with Crippen LogP contribution in [-0.4, -0.2) is 46.8 Å². The lowest BCUT2D eigenvalue weighted by Crippen LogP contribution is -2.34. The highest BCUT2D eigenvalue weighted by Crippen LogP contribution is 2.08. The summed E-state index contributed by atoms with van der Waals surface area (Å²) in [5.41, 5.74) is 1.38. The lowest BCUT2D eigenvalue weighted by atomic mass is 10.3. The van der Waals surface area contributed by atoms with Gasteiger partial charge in [0.25, 0.3) is 5.91 Å². The standard InChI is InChI=1S/C13H21N3O3/c1-5-10-8-11(16(6-2)14-10)13(18)15(4)9-12(17)19-7-3/h8H,5-7,9H2,1-4H3. The first-order valence-corrected chi connectivity index (χ1v) is 6.51. The highest BCUT2D eigenvalue weighted by molar-refractivity contribution is 5.94. The molecule has 0 aliphatic heterocycles. The molecule has 0 N–H and O–H groups in total. The van der Waals surface area contributed by atoms with Crippen molar-refractivity contribution in [1.82, 2.24) is 14.7 Å². The van der Waals surface area contributed by atoms with Crippen molar-refractivity contribution in [3.63, 3.8) is 0 Å². The molecule has 1 aromatic rings. The van der Waals surface area contributed by atoms with Gasteiger partial charge >= 0.3 is 5.97 Å². The van der Waals surface area contributed by atoms with Crippen molar-refractivity contribution in [3.05, 3.63) is 17.5 Å². The zero-order valence-electron chi connectivity index (χ0n) is 12.0. The fourth-order valence-corrected chi connectivity index (χ4v) is 1.72. The summed E-state index contributed by atoms with van der Waals surface area (Å²) in [5.74, 6) is -0.626. The Morgan fingerprint density at radius 1 is 1.37 bits per heavy atom. The van der Waals surface area contributed by atoms with E-state index >= 15 is 0 Å². The van der Waals surface area contributed by atoms with Gasteiger partial charge < -0.3 is 9.64 Å². The Morgan fingerprint density at radius 3 is 2.58 bits per heavy atom. The number of likely N-dealkylation sites (N-methyl/N-ethyl adjacent to an activating group) is 1. The van der Waals surface area contributed by atoms with Crippen LogP contribution in [0.1, 0.15) is 37.0 Å². The van der Waals surface area contributed by atoms with Gasteiger partial charge in [-0.25, -0.2) is 0 Å². The van der Waals surface area contributed by atoms with Crippen molar-refractivity contribution in [2.75, 3.05) is 20.2 Å². The van der Waals surface area contributed by atoms with E-state index in [4.69, 9.17) is 4.74 Å². The number of hydrogen-bond donors (Lipinski definition) is 0. The Bertz CT molecular complexity index is 454. The number of rotatable bonds is 6. The third kappa shape index (κ3) is 3.81. The first kappa shape index (κ1) is 15.2. The molecule has 1 amide bonds. The van der Waals surface area contributed by atoms with E-state index in [1.165, 1.54) is 4.90 Å². The van der Waals surface area contributed by atoms with E-state index in [1.807, 2.05) is 13.8 Å². The van der Waals surface area contributed by atoms with Crippen LogP contribution in [0.2, 0.25) is 0 Å². The number of ether oxygens (including phenoxy) is 1. The first-order valence-electron chi connectivity index (χ1n) is 6.51. The van der Waals surface area contributed by atoms with Crippen molar-refractivity contribution in [3.8, 4) is 0 Å². The Morgan fingerprint density at radius 2 is 2.05 bits per heavy atom. The van der Waals surface area contributed by atoms with E-state index in [0.29, 0.717) is 18.8 Å². The summed E-state index contributed by atoms with van der Waals surface area (Å²) >= 11 is 0. The highest BCUT2D eigenvalue weighted by Gasteiger charge is 2.20. The van der Waals surface area contributed by atoms with Crippen molar-refractivity contribution >= 4 is 11.9 Å². The molecule has 0 aliphatic carbocycles. The highest BCUT2D eigenvalue weighted by atomic mass is 16.5. The monoisotopic (exact) mass is 267 g/mol. The number of esters is 1. The summed E-state index contributed by atoms with van der Waals surface area (Å²) in [6.45, 7) is 6.53. The van der Waals surface area contributed by atoms with Gasteiger partial charge in [0, 0.05) is 13.6 Å². The van der Waals surface area contributed by atoms with Crippen molar-refractivity contribution in [2.24, 2.45) is 0 Å². The van der Waals surface area contributed by atoms with E-state index in [2.05, 4.69) is 5.10 Å². The molecule has 0 aliphatic rings. The molecule has 0 fully saturated rings. The van der Waals surface area contributed by atoms with Gasteiger partial charge in [0.2, 0.25) is 0 Å². The minimum Gasteiger partial charge on any atom is -0.465 e. The molecule has 0 spiro atoms. The number of aromatic nitrogens is 2. The van der Waals surface area contributed by atoms with Gasteiger partial charge in [-0.3, -0.25) is 14.3 Å². The van der Waals surface area contributed by atoms with Crippen LogP contribution >= 0.6 is 0 Å².